The molecule has 0 bridgehead atoms. The first-order chi connectivity index (χ1) is 12.9. The van der Waals surface area contributed by atoms with E-state index in [4.69, 9.17) is 0 Å². The molecule has 0 aliphatic heterocycles. The lowest BCUT2D eigenvalue weighted by molar-refractivity contribution is -0.141. The third-order valence-electron chi connectivity index (χ3n) is 4.56. The molecule has 3 heterocycles. The Hall–Kier alpha value is -3.62. The van der Waals surface area contributed by atoms with Gasteiger partial charge < -0.3 is 4.74 Å². The Morgan fingerprint density at radius 3 is 2.56 bits per heavy atom. The number of fused-ring (bicyclic) bond motifs is 3. The van der Waals surface area contributed by atoms with Gasteiger partial charge in [-0.1, -0.05) is 18.2 Å². The van der Waals surface area contributed by atoms with E-state index in [1.165, 1.54) is 18.7 Å². The molecule has 0 saturated heterocycles. The molecule has 4 aromatic rings. The molecule has 0 spiro atoms. The van der Waals surface area contributed by atoms with E-state index in [-0.39, 0.29) is 11.2 Å². The highest BCUT2D eigenvalue weighted by Gasteiger charge is 2.21. The molecule has 0 unspecified atom stereocenters. The second kappa shape index (κ2) is 5.97. The van der Waals surface area contributed by atoms with Crippen LogP contribution in [0.4, 0.5) is 0 Å². The summed E-state index contributed by atoms with van der Waals surface area (Å²) in [6.07, 6.45) is 1.78. The Balaban J connectivity index is 2.10. The fourth-order valence-corrected chi connectivity index (χ4v) is 3.24. The maximum absolute atomic E-state index is 13.0. The first kappa shape index (κ1) is 16.8. The summed E-state index contributed by atoms with van der Waals surface area (Å²) >= 11 is 0. The van der Waals surface area contributed by atoms with E-state index in [0.29, 0.717) is 5.78 Å². The minimum Gasteiger partial charge on any atom is -0.468 e. The molecule has 9 heteroatoms. The Morgan fingerprint density at radius 1 is 1.19 bits per heavy atom. The van der Waals surface area contributed by atoms with E-state index in [1.807, 2.05) is 41.8 Å². The van der Waals surface area contributed by atoms with Gasteiger partial charge in [0, 0.05) is 24.6 Å². The average Bonchev–Trinajstić information content (AvgIpc) is 3.18. The van der Waals surface area contributed by atoms with Crippen LogP contribution in [-0.4, -0.2) is 36.2 Å². The van der Waals surface area contributed by atoms with Crippen LogP contribution in [0.25, 0.3) is 22.6 Å². The van der Waals surface area contributed by atoms with Crippen molar-refractivity contribution in [1.29, 1.82) is 0 Å². The molecular weight excluding hydrogens is 350 g/mol. The highest BCUT2D eigenvalue weighted by molar-refractivity contribution is 5.77. The van der Waals surface area contributed by atoms with Crippen molar-refractivity contribution in [2.75, 3.05) is 7.11 Å². The number of para-hydroxylation sites is 1. The molecule has 0 aliphatic carbocycles. The number of aryl methyl sites for hydroxylation is 2. The number of ether oxygens (including phenoxy) is 1. The van der Waals surface area contributed by atoms with Crippen LogP contribution in [0.1, 0.15) is 5.69 Å². The van der Waals surface area contributed by atoms with Crippen molar-refractivity contribution in [3.8, 4) is 5.69 Å². The molecule has 0 N–H and O–H groups in total. The monoisotopic (exact) mass is 367 g/mol. The second-order valence-electron chi connectivity index (χ2n) is 6.20. The van der Waals surface area contributed by atoms with Gasteiger partial charge in [0.15, 0.2) is 11.2 Å². The van der Waals surface area contributed by atoms with Crippen LogP contribution in [0.15, 0.2) is 46.1 Å². The van der Waals surface area contributed by atoms with Gasteiger partial charge in [-0.05, 0) is 19.1 Å². The van der Waals surface area contributed by atoms with Crippen molar-refractivity contribution in [3.63, 3.8) is 0 Å². The van der Waals surface area contributed by atoms with Gasteiger partial charge in [-0.15, -0.1) is 0 Å². The molecule has 27 heavy (non-hydrogen) atoms. The largest absolute Gasteiger partial charge is 0.468 e. The lowest BCUT2D eigenvalue weighted by atomic mass is 10.3. The molecule has 0 radical (unpaired) electrons. The summed E-state index contributed by atoms with van der Waals surface area (Å²) in [6, 6.07) is 9.60. The quantitative estimate of drug-likeness (QED) is 0.495. The highest BCUT2D eigenvalue weighted by atomic mass is 16.5. The number of rotatable bonds is 3. The van der Waals surface area contributed by atoms with Crippen molar-refractivity contribution < 1.29 is 9.53 Å². The number of aromatic nitrogens is 5. The third-order valence-corrected chi connectivity index (χ3v) is 4.56. The van der Waals surface area contributed by atoms with E-state index in [0.717, 1.165) is 15.9 Å². The smallest absolute Gasteiger partial charge is 0.333 e. The standard InChI is InChI=1S/C18H17N5O4/c1-11-9-21-14-15(19-17(21)23(11)12-7-5-4-6-8-12)20(2)18(26)22(16(14)25)10-13(24)27-3/h4-9H,10H2,1-3H3. The normalized spacial score (nSPS) is 11.4. The summed E-state index contributed by atoms with van der Waals surface area (Å²) in [5, 5.41) is 0. The molecule has 138 valence electrons. The fraction of sp³-hybridized carbons (Fsp3) is 0.222. The Morgan fingerprint density at radius 2 is 1.89 bits per heavy atom. The minimum atomic E-state index is -0.674. The van der Waals surface area contributed by atoms with Gasteiger partial charge in [-0.2, -0.15) is 4.98 Å². The van der Waals surface area contributed by atoms with Crippen LogP contribution in [0, 0.1) is 6.92 Å². The molecule has 0 aliphatic rings. The van der Waals surface area contributed by atoms with Crippen LogP contribution in [0.5, 0.6) is 0 Å². The minimum absolute atomic E-state index is 0.230. The summed E-state index contributed by atoms with van der Waals surface area (Å²) in [6.45, 7) is 1.45. The van der Waals surface area contributed by atoms with Gasteiger partial charge in [-0.3, -0.25) is 23.1 Å². The van der Waals surface area contributed by atoms with E-state index >= 15 is 0 Å². The number of carbonyl (C=O) groups excluding carboxylic acids is 1. The van der Waals surface area contributed by atoms with Crippen LogP contribution < -0.4 is 11.2 Å². The summed E-state index contributed by atoms with van der Waals surface area (Å²) < 4.78 is 10.3. The number of benzene rings is 1. The topological polar surface area (TPSA) is 92.5 Å². The summed E-state index contributed by atoms with van der Waals surface area (Å²) in [5.41, 5.74) is 1.04. The Labute approximate surface area is 152 Å². The zero-order chi connectivity index (χ0) is 19.3. The number of imidazole rings is 2. The Bertz CT molecular complexity index is 1310. The van der Waals surface area contributed by atoms with Crippen LogP contribution in [-0.2, 0) is 23.1 Å². The fourth-order valence-electron chi connectivity index (χ4n) is 3.24. The van der Waals surface area contributed by atoms with Gasteiger partial charge in [-0.25, -0.2) is 9.36 Å². The third kappa shape index (κ3) is 2.39. The molecule has 0 amide bonds. The lowest BCUT2D eigenvalue weighted by Crippen LogP contribution is -2.41. The summed E-state index contributed by atoms with van der Waals surface area (Å²) in [4.78, 5) is 41.6. The zero-order valence-electron chi connectivity index (χ0n) is 15.0. The maximum atomic E-state index is 13.0. The molecule has 0 saturated carbocycles. The van der Waals surface area contributed by atoms with Gasteiger partial charge in [0.2, 0.25) is 5.78 Å². The van der Waals surface area contributed by atoms with Crippen molar-refractivity contribution in [1.82, 2.24) is 23.1 Å². The predicted octanol–water partition coefficient (Wildman–Crippen LogP) is 0.620. The number of nitrogens with zero attached hydrogens (tertiary/aromatic N) is 5. The molecule has 1 aromatic carbocycles. The lowest BCUT2D eigenvalue weighted by Gasteiger charge is -2.06. The van der Waals surface area contributed by atoms with E-state index in [2.05, 4.69) is 9.72 Å². The van der Waals surface area contributed by atoms with Crippen molar-refractivity contribution in [2.45, 2.75) is 13.5 Å². The summed E-state index contributed by atoms with van der Waals surface area (Å²) in [7, 11) is 2.72. The Kier molecular flexibility index (Phi) is 3.72. The average molecular weight is 367 g/mol. The highest BCUT2D eigenvalue weighted by Crippen LogP contribution is 2.20. The van der Waals surface area contributed by atoms with Crippen LogP contribution in [0.2, 0.25) is 0 Å². The maximum Gasteiger partial charge on any atom is 0.333 e. The molecule has 0 fully saturated rings. The zero-order valence-corrected chi connectivity index (χ0v) is 15.0. The van der Waals surface area contributed by atoms with Gasteiger partial charge in [0.1, 0.15) is 6.54 Å². The number of carbonyl (C=O) groups is 1. The first-order valence-electron chi connectivity index (χ1n) is 8.26. The van der Waals surface area contributed by atoms with E-state index in [9.17, 15) is 14.4 Å². The molecule has 9 nitrogen and oxygen atoms in total. The van der Waals surface area contributed by atoms with E-state index < -0.39 is 23.8 Å². The van der Waals surface area contributed by atoms with Crippen molar-refractivity contribution in [3.05, 3.63) is 63.1 Å². The number of hydrogen-bond donors (Lipinski definition) is 0. The van der Waals surface area contributed by atoms with E-state index in [1.54, 1.807) is 10.6 Å². The first-order valence-corrected chi connectivity index (χ1v) is 8.26. The van der Waals surface area contributed by atoms with Gasteiger partial charge in [0.25, 0.3) is 5.56 Å². The van der Waals surface area contributed by atoms with Gasteiger partial charge >= 0.3 is 11.7 Å². The van der Waals surface area contributed by atoms with Crippen LogP contribution >= 0.6 is 0 Å². The molecule has 3 aromatic heterocycles. The molecule has 0 atom stereocenters. The second-order valence-corrected chi connectivity index (χ2v) is 6.20. The number of hydrogen-bond acceptors (Lipinski definition) is 5. The van der Waals surface area contributed by atoms with Crippen molar-refractivity contribution >= 4 is 22.9 Å². The predicted molar refractivity (Wildman–Crippen MR) is 98.3 cm³/mol. The molecular formula is C18H17N5O4. The number of methoxy groups -OCH3 is 1. The van der Waals surface area contributed by atoms with Crippen molar-refractivity contribution in [2.24, 2.45) is 7.05 Å². The molecule has 4 rings (SSSR count). The summed E-state index contributed by atoms with van der Waals surface area (Å²) in [5.74, 6) is -0.163. The SMILES string of the molecule is COC(=O)Cn1c(=O)c2c(nc3n(-c4ccccc4)c(C)cn23)n(C)c1=O. The van der Waals surface area contributed by atoms with Gasteiger partial charge in [0.05, 0.1) is 7.11 Å². The number of esters is 1. The van der Waals surface area contributed by atoms with Crippen LogP contribution in [0.3, 0.4) is 0 Å².